The van der Waals surface area contributed by atoms with Crippen molar-refractivity contribution in [3.05, 3.63) is 35.6 Å². The molecule has 0 saturated heterocycles. The largest absolute Gasteiger partial charge is 0.316 e. The topological polar surface area (TPSA) is 12.0 Å². The molecule has 1 aromatic carbocycles. The molecule has 16 heavy (non-hydrogen) atoms. The van der Waals surface area contributed by atoms with Crippen LogP contribution in [0, 0.1) is 11.2 Å². The van der Waals surface area contributed by atoms with Gasteiger partial charge in [-0.05, 0) is 48.9 Å². The fourth-order valence-corrected chi connectivity index (χ4v) is 2.56. The molecule has 1 fully saturated rings. The summed E-state index contributed by atoms with van der Waals surface area (Å²) in [7, 11) is 0. The second-order valence-electron chi connectivity index (χ2n) is 4.94. The highest BCUT2D eigenvalue weighted by atomic mass is 19.1. The van der Waals surface area contributed by atoms with Crippen LogP contribution in [0.15, 0.2) is 24.3 Å². The van der Waals surface area contributed by atoms with E-state index in [0.29, 0.717) is 5.41 Å². The minimum atomic E-state index is -0.115. The lowest BCUT2D eigenvalue weighted by atomic mass is 9.65. The number of rotatable bonds is 5. The van der Waals surface area contributed by atoms with E-state index < -0.39 is 0 Å². The van der Waals surface area contributed by atoms with Gasteiger partial charge < -0.3 is 5.32 Å². The zero-order chi connectivity index (χ0) is 11.4. The Hall–Kier alpha value is -0.890. The van der Waals surface area contributed by atoms with Crippen molar-refractivity contribution < 1.29 is 4.39 Å². The van der Waals surface area contributed by atoms with Crippen molar-refractivity contribution in [1.29, 1.82) is 0 Å². The molecule has 0 aliphatic heterocycles. The third-order valence-corrected chi connectivity index (χ3v) is 3.63. The van der Waals surface area contributed by atoms with Crippen molar-refractivity contribution in [2.75, 3.05) is 13.1 Å². The van der Waals surface area contributed by atoms with E-state index in [1.54, 1.807) is 6.07 Å². The van der Waals surface area contributed by atoms with Gasteiger partial charge in [-0.15, -0.1) is 0 Å². The predicted octanol–water partition coefficient (Wildman–Crippen LogP) is 3.15. The summed E-state index contributed by atoms with van der Waals surface area (Å²) in [4.78, 5) is 0. The van der Waals surface area contributed by atoms with E-state index in [2.05, 4.69) is 12.2 Å². The van der Waals surface area contributed by atoms with E-state index in [1.807, 2.05) is 12.1 Å². The summed E-state index contributed by atoms with van der Waals surface area (Å²) < 4.78 is 13.1. The molecule has 1 N–H and O–H groups in total. The highest BCUT2D eigenvalue weighted by molar-refractivity contribution is 5.19. The van der Waals surface area contributed by atoms with Crippen LogP contribution in [0.5, 0.6) is 0 Å². The second kappa shape index (κ2) is 4.96. The molecular weight excluding hydrogens is 201 g/mol. The molecular formula is C14H20FN. The van der Waals surface area contributed by atoms with Gasteiger partial charge in [-0.3, -0.25) is 0 Å². The van der Waals surface area contributed by atoms with E-state index in [0.717, 1.165) is 25.1 Å². The smallest absolute Gasteiger partial charge is 0.123 e. The normalized spacial score (nSPS) is 18.1. The van der Waals surface area contributed by atoms with E-state index in [4.69, 9.17) is 0 Å². The third-order valence-electron chi connectivity index (χ3n) is 3.63. The lowest BCUT2D eigenvalue weighted by Gasteiger charge is -2.42. The highest BCUT2D eigenvalue weighted by Crippen LogP contribution is 2.43. The maximum absolute atomic E-state index is 13.1. The molecule has 2 heteroatoms. The van der Waals surface area contributed by atoms with E-state index in [1.165, 1.54) is 25.3 Å². The molecule has 1 saturated carbocycles. The summed E-state index contributed by atoms with van der Waals surface area (Å²) >= 11 is 0. The molecule has 1 aliphatic rings. The van der Waals surface area contributed by atoms with Gasteiger partial charge in [0.25, 0.3) is 0 Å². The van der Waals surface area contributed by atoms with Gasteiger partial charge in [0.15, 0.2) is 0 Å². The Bertz CT molecular complexity index is 344. The number of hydrogen-bond donors (Lipinski definition) is 1. The molecule has 1 aliphatic carbocycles. The van der Waals surface area contributed by atoms with E-state index in [9.17, 15) is 4.39 Å². The maximum Gasteiger partial charge on any atom is 0.123 e. The molecule has 0 atom stereocenters. The quantitative estimate of drug-likeness (QED) is 0.805. The fraction of sp³-hybridized carbons (Fsp3) is 0.571. The molecule has 0 unspecified atom stereocenters. The van der Waals surface area contributed by atoms with E-state index >= 15 is 0 Å². The van der Waals surface area contributed by atoms with Gasteiger partial charge in [-0.25, -0.2) is 4.39 Å². The first-order valence-electron chi connectivity index (χ1n) is 6.19. The molecule has 88 valence electrons. The lowest BCUT2D eigenvalue weighted by molar-refractivity contribution is 0.131. The van der Waals surface area contributed by atoms with Crippen molar-refractivity contribution in [1.82, 2.24) is 5.32 Å². The van der Waals surface area contributed by atoms with Gasteiger partial charge in [0.2, 0.25) is 0 Å². The Morgan fingerprint density at radius 3 is 2.75 bits per heavy atom. The number of halogens is 1. The first-order chi connectivity index (χ1) is 7.74. The SMILES string of the molecule is CCNCC1(Cc2cccc(F)c2)CCC1. The Balaban J connectivity index is 2.01. The molecule has 0 spiro atoms. The first kappa shape index (κ1) is 11.6. The average molecular weight is 221 g/mol. The van der Waals surface area contributed by atoms with Crippen LogP contribution in [0.25, 0.3) is 0 Å². The Labute approximate surface area is 97.1 Å². The monoisotopic (exact) mass is 221 g/mol. The Morgan fingerprint density at radius 2 is 2.19 bits per heavy atom. The van der Waals surface area contributed by atoms with Crippen LogP contribution in [-0.4, -0.2) is 13.1 Å². The van der Waals surface area contributed by atoms with Gasteiger partial charge in [0.1, 0.15) is 5.82 Å². The van der Waals surface area contributed by atoms with Crippen molar-refractivity contribution >= 4 is 0 Å². The minimum Gasteiger partial charge on any atom is -0.316 e. The Morgan fingerprint density at radius 1 is 1.38 bits per heavy atom. The highest BCUT2D eigenvalue weighted by Gasteiger charge is 2.36. The van der Waals surface area contributed by atoms with Crippen LogP contribution in [0.3, 0.4) is 0 Å². The van der Waals surface area contributed by atoms with Crippen molar-refractivity contribution in [3.8, 4) is 0 Å². The molecule has 1 nitrogen and oxygen atoms in total. The summed E-state index contributed by atoms with van der Waals surface area (Å²) in [5.41, 5.74) is 1.53. The van der Waals surface area contributed by atoms with Crippen molar-refractivity contribution in [2.24, 2.45) is 5.41 Å². The molecule has 0 bridgehead atoms. The summed E-state index contributed by atoms with van der Waals surface area (Å²) in [6, 6.07) is 7.03. The zero-order valence-corrected chi connectivity index (χ0v) is 9.93. The van der Waals surface area contributed by atoms with Gasteiger partial charge in [-0.2, -0.15) is 0 Å². The third kappa shape index (κ3) is 2.62. The van der Waals surface area contributed by atoms with Crippen LogP contribution < -0.4 is 5.32 Å². The number of hydrogen-bond acceptors (Lipinski definition) is 1. The molecule has 0 amide bonds. The second-order valence-corrected chi connectivity index (χ2v) is 4.94. The predicted molar refractivity (Wildman–Crippen MR) is 64.9 cm³/mol. The molecule has 0 radical (unpaired) electrons. The molecule has 0 aromatic heterocycles. The van der Waals surface area contributed by atoms with Gasteiger partial charge in [-0.1, -0.05) is 25.5 Å². The Kier molecular flexibility index (Phi) is 3.59. The van der Waals surface area contributed by atoms with Gasteiger partial charge >= 0.3 is 0 Å². The van der Waals surface area contributed by atoms with Crippen molar-refractivity contribution in [3.63, 3.8) is 0 Å². The van der Waals surface area contributed by atoms with E-state index in [-0.39, 0.29) is 5.82 Å². The average Bonchev–Trinajstić information content (AvgIpc) is 2.22. The zero-order valence-electron chi connectivity index (χ0n) is 9.93. The lowest BCUT2D eigenvalue weighted by Crippen LogP contribution is -2.41. The van der Waals surface area contributed by atoms with Crippen molar-refractivity contribution in [2.45, 2.75) is 32.6 Å². The molecule has 0 heterocycles. The van der Waals surface area contributed by atoms with Crippen LogP contribution in [0.4, 0.5) is 4.39 Å². The number of benzene rings is 1. The summed E-state index contributed by atoms with van der Waals surface area (Å²) in [5, 5.41) is 3.43. The maximum atomic E-state index is 13.1. The summed E-state index contributed by atoms with van der Waals surface area (Å²) in [6.07, 6.45) is 4.88. The summed E-state index contributed by atoms with van der Waals surface area (Å²) in [5.74, 6) is -0.115. The summed E-state index contributed by atoms with van der Waals surface area (Å²) in [6.45, 7) is 4.22. The van der Waals surface area contributed by atoms with Crippen LogP contribution in [0.2, 0.25) is 0 Å². The van der Waals surface area contributed by atoms with Crippen LogP contribution in [-0.2, 0) is 6.42 Å². The molecule has 2 rings (SSSR count). The van der Waals surface area contributed by atoms with Crippen LogP contribution >= 0.6 is 0 Å². The molecule has 1 aromatic rings. The van der Waals surface area contributed by atoms with Gasteiger partial charge in [0.05, 0.1) is 0 Å². The fourth-order valence-electron chi connectivity index (χ4n) is 2.56. The van der Waals surface area contributed by atoms with Crippen LogP contribution in [0.1, 0.15) is 31.7 Å². The minimum absolute atomic E-state index is 0.115. The van der Waals surface area contributed by atoms with Gasteiger partial charge in [0, 0.05) is 6.54 Å². The number of nitrogens with one attached hydrogen (secondary N) is 1. The first-order valence-corrected chi connectivity index (χ1v) is 6.19. The standard InChI is InChI=1S/C14H20FN/c1-2-16-11-14(7-4-8-14)10-12-5-3-6-13(15)9-12/h3,5-6,9,16H,2,4,7-8,10-11H2,1H3.